The molecule has 19 heavy (non-hydrogen) atoms. The summed E-state index contributed by atoms with van der Waals surface area (Å²) in [7, 11) is 1.59. The van der Waals surface area contributed by atoms with E-state index in [0.717, 1.165) is 25.7 Å². The zero-order valence-corrected chi connectivity index (χ0v) is 12.3. The third-order valence-corrected chi connectivity index (χ3v) is 3.56. The van der Waals surface area contributed by atoms with Crippen LogP contribution in [0.5, 0.6) is 0 Å². The minimum absolute atomic E-state index is 0.0425. The molecule has 1 saturated carbocycles. The molecule has 0 aromatic rings. The Morgan fingerprint density at radius 1 is 1.21 bits per heavy atom. The van der Waals surface area contributed by atoms with E-state index in [1.807, 2.05) is 20.8 Å². The smallest absolute Gasteiger partial charge is 0.315 e. The summed E-state index contributed by atoms with van der Waals surface area (Å²) >= 11 is 0. The Morgan fingerprint density at radius 3 is 2.47 bits per heavy atom. The first-order valence-electron chi connectivity index (χ1n) is 6.94. The predicted octanol–water partition coefficient (Wildman–Crippen LogP) is 1.32. The standard InChI is InChI=1S/C13H26N4O2/c1-9(2)15-12(19)17-13(3)8-6-5-7-10(13)16-11(18)14-4/h9-10H,5-8H2,1-4H3,(H2,14,16,18)(H2,15,17,19)/t10-,13?/m1/s1. The third-order valence-electron chi connectivity index (χ3n) is 3.56. The summed E-state index contributed by atoms with van der Waals surface area (Å²) in [6.45, 7) is 5.83. The SMILES string of the molecule is CNC(=O)N[C@@H]1CCCCC1(C)NC(=O)NC(C)C. The van der Waals surface area contributed by atoms with E-state index in [0.29, 0.717) is 0 Å². The van der Waals surface area contributed by atoms with Crippen LogP contribution in [0, 0.1) is 0 Å². The van der Waals surface area contributed by atoms with Crippen LogP contribution in [-0.2, 0) is 0 Å². The molecule has 0 aliphatic heterocycles. The zero-order chi connectivity index (χ0) is 14.5. The summed E-state index contributed by atoms with van der Waals surface area (Å²) in [4.78, 5) is 23.4. The number of rotatable bonds is 3. The Kier molecular flexibility index (Phi) is 5.44. The van der Waals surface area contributed by atoms with Gasteiger partial charge in [0, 0.05) is 13.1 Å². The van der Waals surface area contributed by atoms with Crippen molar-refractivity contribution in [3.05, 3.63) is 0 Å². The van der Waals surface area contributed by atoms with E-state index in [2.05, 4.69) is 21.3 Å². The molecule has 1 unspecified atom stereocenters. The lowest BCUT2D eigenvalue weighted by Crippen LogP contribution is -2.64. The molecule has 0 spiro atoms. The van der Waals surface area contributed by atoms with Gasteiger partial charge in [0.05, 0.1) is 11.6 Å². The molecule has 1 fully saturated rings. The Morgan fingerprint density at radius 2 is 1.89 bits per heavy atom. The number of carbonyl (C=O) groups excluding carboxylic acids is 2. The minimum atomic E-state index is -0.399. The van der Waals surface area contributed by atoms with Crippen LogP contribution in [0.2, 0.25) is 0 Å². The van der Waals surface area contributed by atoms with Gasteiger partial charge in [0.2, 0.25) is 0 Å². The van der Waals surface area contributed by atoms with E-state index in [-0.39, 0.29) is 24.1 Å². The van der Waals surface area contributed by atoms with Gasteiger partial charge in [-0.25, -0.2) is 9.59 Å². The lowest BCUT2D eigenvalue weighted by molar-refractivity contribution is 0.174. The van der Waals surface area contributed by atoms with E-state index in [1.54, 1.807) is 7.05 Å². The molecule has 110 valence electrons. The number of carbonyl (C=O) groups is 2. The van der Waals surface area contributed by atoms with E-state index in [4.69, 9.17) is 0 Å². The minimum Gasteiger partial charge on any atom is -0.341 e. The monoisotopic (exact) mass is 270 g/mol. The highest BCUT2D eigenvalue weighted by atomic mass is 16.2. The summed E-state index contributed by atoms with van der Waals surface area (Å²) in [5, 5.41) is 11.3. The van der Waals surface area contributed by atoms with Crippen LogP contribution in [0.1, 0.15) is 46.5 Å². The molecule has 0 saturated heterocycles. The van der Waals surface area contributed by atoms with E-state index < -0.39 is 5.54 Å². The Hall–Kier alpha value is -1.46. The third kappa shape index (κ3) is 4.61. The molecular formula is C13H26N4O2. The van der Waals surface area contributed by atoms with Crippen molar-refractivity contribution in [2.24, 2.45) is 0 Å². The molecule has 1 rings (SSSR count). The fraction of sp³-hybridized carbons (Fsp3) is 0.846. The van der Waals surface area contributed by atoms with Crippen LogP contribution >= 0.6 is 0 Å². The van der Waals surface area contributed by atoms with Gasteiger partial charge >= 0.3 is 12.1 Å². The predicted molar refractivity (Wildman–Crippen MR) is 75.1 cm³/mol. The van der Waals surface area contributed by atoms with Crippen molar-refractivity contribution in [1.29, 1.82) is 0 Å². The Balaban J connectivity index is 2.67. The van der Waals surface area contributed by atoms with E-state index >= 15 is 0 Å². The quantitative estimate of drug-likeness (QED) is 0.624. The van der Waals surface area contributed by atoms with Gasteiger partial charge in [-0.05, 0) is 33.6 Å². The highest BCUT2D eigenvalue weighted by molar-refractivity contribution is 5.76. The number of amides is 4. The summed E-state index contributed by atoms with van der Waals surface area (Å²) < 4.78 is 0. The normalized spacial score (nSPS) is 26.7. The molecule has 2 atom stereocenters. The maximum atomic E-state index is 11.9. The Bertz CT molecular complexity index is 333. The summed E-state index contributed by atoms with van der Waals surface area (Å²) in [6, 6.07) is -0.330. The van der Waals surface area contributed by atoms with Crippen molar-refractivity contribution in [3.63, 3.8) is 0 Å². The molecule has 0 bridgehead atoms. The molecule has 0 aromatic heterocycles. The van der Waals surface area contributed by atoms with Crippen LogP contribution in [0.25, 0.3) is 0 Å². The maximum Gasteiger partial charge on any atom is 0.315 e. The number of hydrogen-bond acceptors (Lipinski definition) is 2. The second kappa shape index (κ2) is 6.63. The van der Waals surface area contributed by atoms with Crippen molar-refractivity contribution >= 4 is 12.1 Å². The van der Waals surface area contributed by atoms with Gasteiger partial charge in [-0.15, -0.1) is 0 Å². The number of urea groups is 2. The molecule has 0 heterocycles. The Labute approximate surface area is 115 Å². The first kappa shape index (κ1) is 15.6. The zero-order valence-electron chi connectivity index (χ0n) is 12.3. The number of hydrogen-bond donors (Lipinski definition) is 4. The first-order chi connectivity index (χ1) is 8.87. The van der Waals surface area contributed by atoms with Crippen molar-refractivity contribution in [3.8, 4) is 0 Å². The van der Waals surface area contributed by atoms with Crippen molar-refractivity contribution in [1.82, 2.24) is 21.3 Å². The molecular weight excluding hydrogens is 244 g/mol. The molecule has 1 aliphatic rings. The van der Waals surface area contributed by atoms with Gasteiger partial charge in [-0.1, -0.05) is 12.8 Å². The molecule has 4 amide bonds. The van der Waals surface area contributed by atoms with Gasteiger partial charge in [0.15, 0.2) is 0 Å². The van der Waals surface area contributed by atoms with Crippen LogP contribution in [0.3, 0.4) is 0 Å². The number of nitrogens with one attached hydrogen (secondary N) is 4. The van der Waals surface area contributed by atoms with E-state index in [9.17, 15) is 9.59 Å². The highest BCUT2D eigenvalue weighted by Gasteiger charge is 2.38. The summed E-state index contributed by atoms with van der Waals surface area (Å²) in [6.07, 6.45) is 3.88. The van der Waals surface area contributed by atoms with Gasteiger partial charge in [0.1, 0.15) is 0 Å². The average molecular weight is 270 g/mol. The molecule has 0 aromatic carbocycles. The van der Waals surface area contributed by atoms with Gasteiger partial charge in [-0.3, -0.25) is 0 Å². The topological polar surface area (TPSA) is 82.3 Å². The largest absolute Gasteiger partial charge is 0.341 e. The highest BCUT2D eigenvalue weighted by Crippen LogP contribution is 2.28. The van der Waals surface area contributed by atoms with Crippen molar-refractivity contribution < 1.29 is 9.59 Å². The lowest BCUT2D eigenvalue weighted by atomic mass is 9.79. The maximum absolute atomic E-state index is 11.9. The van der Waals surface area contributed by atoms with Gasteiger partial charge in [0.25, 0.3) is 0 Å². The van der Waals surface area contributed by atoms with Crippen LogP contribution in [0.4, 0.5) is 9.59 Å². The summed E-state index contributed by atoms with van der Waals surface area (Å²) in [5.74, 6) is 0. The van der Waals surface area contributed by atoms with Crippen molar-refractivity contribution in [2.75, 3.05) is 7.05 Å². The van der Waals surface area contributed by atoms with Crippen LogP contribution in [-0.4, -0.2) is 36.7 Å². The van der Waals surface area contributed by atoms with Crippen LogP contribution < -0.4 is 21.3 Å². The lowest BCUT2D eigenvalue weighted by Gasteiger charge is -2.42. The summed E-state index contributed by atoms with van der Waals surface area (Å²) in [5.41, 5.74) is -0.399. The van der Waals surface area contributed by atoms with Gasteiger partial charge < -0.3 is 21.3 Å². The molecule has 0 radical (unpaired) electrons. The molecule has 6 nitrogen and oxygen atoms in total. The first-order valence-corrected chi connectivity index (χ1v) is 6.94. The second-order valence-corrected chi connectivity index (χ2v) is 5.69. The fourth-order valence-electron chi connectivity index (χ4n) is 2.50. The second-order valence-electron chi connectivity index (χ2n) is 5.69. The van der Waals surface area contributed by atoms with Crippen molar-refractivity contribution in [2.45, 2.75) is 64.1 Å². The van der Waals surface area contributed by atoms with E-state index in [1.165, 1.54) is 0 Å². The van der Waals surface area contributed by atoms with Crippen LogP contribution in [0.15, 0.2) is 0 Å². The molecule has 1 aliphatic carbocycles. The molecule has 4 N–H and O–H groups in total. The average Bonchev–Trinajstić information content (AvgIpc) is 2.30. The molecule has 6 heteroatoms. The fourth-order valence-corrected chi connectivity index (χ4v) is 2.50. The van der Waals surface area contributed by atoms with Gasteiger partial charge in [-0.2, -0.15) is 0 Å².